The molecule has 2 heterocycles. The molecule has 10 rings (SSSR count). The van der Waals surface area contributed by atoms with Crippen molar-refractivity contribution in [3.8, 4) is 16.8 Å². The summed E-state index contributed by atoms with van der Waals surface area (Å²) in [5, 5.41) is 7.62. The SMILES string of the molecule is c1ccc(N(c2cccc(-c3cccc4c3sc3c5ccccc5n(-c5ccccc5)c43)c2)c2ccc3c(ccc4ccccc43)c2)cc1. The summed E-state index contributed by atoms with van der Waals surface area (Å²) in [7, 11) is 0. The van der Waals surface area contributed by atoms with Gasteiger partial charge in [-0.15, -0.1) is 11.3 Å². The fourth-order valence-electron chi connectivity index (χ4n) is 7.54. The number of benzene rings is 8. The summed E-state index contributed by atoms with van der Waals surface area (Å²) in [5.74, 6) is 0. The monoisotopic (exact) mass is 642 g/mol. The third-order valence-corrected chi connectivity index (χ3v) is 11.0. The molecule has 10 aromatic rings. The minimum Gasteiger partial charge on any atom is -0.310 e. The molecule has 0 aliphatic heterocycles. The predicted molar refractivity (Wildman–Crippen MR) is 211 cm³/mol. The number of aromatic nitrogens is 1. The molecule has 3 heteroatoms. The van der Waals surface area contributed by atoms with Gasteiger partial charge in [0.2, 0.25) is 0 Å². The van der Waals surface area contributed by atoms with Gasteiger partial charge in [0, 0.05) is 38.2 Å². The number of hydrogen-bond donors (Lipinski definition) is 0. The fourth-order valence-corrected chi connectivity index (χ4v) is 8.90. The standard InChI is InChI=1S/C46H30N2S/c1-3-15-34(16-4-1)47(37-27-28-39-33(30-37)26-25-31-13-7-8-20-38(31)39)36-19-11-14-32(29-36)40-22-12-23-42-44-46(49-45(40)42)41-21-9-10-24-43(41)48(44)35-17-5-2-6-18-35/h1-30H. The van der Waals surface area contributed by atoms with Crippen molar-refractivity contribution >= 4 is 81.1 Å². The van der Waals surface area contributed by atoms with Crippen LogP contribution >= 0.6 is 11.3 Å². The third kappa shape index (κ3) is 4.47. The summed E-state index contributed by atoms with van der Waals surface area (Å²) in [6, 6.07) is 66.0. The van der Waals surface area contributed by atoms with Crippen LogP contribution in [0.1, 0.15) is 0 Å². The van der Waals surface area contributed by atoms with E-state index in [4.69, 9.17) is 0 Å². The first-order valence-electron chi connectivity index (χ1n) is 16.7. The molecule has 0 radical (unpaired) electrons. The third-order valence-electron chi connectivity index (χ3n) is 9.73. The molecule has 0 aliphatic rings. The van der Waals surface area contributed by atoms with Gasteiger partial charge in [0.25, 0.3) is 0 Å². The largest absolute Gasteiger partial charge is 0.310 e. The van der Waals surface area contributed by atoms with E-state index >= 15 is 0 Å². The van der Waals surface area contributed by atoms with Crippen LogP contribution in [0.3, 0.4) is 0 Å². The maximum Gasteiger partial charge on any atom is 0.0727 e. The lowest BCUT2D eigenvalue weighted by molar-refractivity contribution is 1.19. The molecular formula is C46H30N2S. The molecule has 0 saturated carbocycles. The zero-order valence-corrected chi connectivity index (χ0v) is 27.4. The van der Waals surface area contributed by atoms with Crippen LogP contribution in [0.2, 0.25) is 0 Å². The van der Waals surface area contributed by atoms with E-state index in [0.717, 1.165) is 17.1 Å². The zero-order valence-electron chi connectivity index (χ0n) is 26.6. The van der Waals surface area contributed by atoms with Gasteiger partial charge in [0.15, 0.2) is 0 Å². The second kappa shape index (κ2) is 11.2. The molecule has 0 fully saturated rings. The van der Waals surface area contributed by atoms with E-state index in [9.17, 15) is 0 Å². The lowest BCUT2D eigenvalue weighted by atomic mass is 10.0. The van der Waals surface area contributed by atoms with E-state index < -0.39 is 0 Å². The van der Waals surface area contributed by atoms with E-state index in [1.165, 1.54) is 69.6 Å². The molecule has 2 aromatic heterocycles. The van der Waals surface area contributed by atoms with Crippen LogP contribution in [0.5, 0.6) is 0 Å². The Bertz CT molecular complexity index is 2830. The lowest BCUT2D eigenvalue weighted by Crippen LogP contribution is -2.09. The van der Waals surface area contributed by atoms with Crippen molar-refractivity contribution in [2.24, 2.45) is 0 Å². The maximum atomic E-state index is 2.43. The number of nitrogens with zero attached hydrogens (tertiary/aromatic N) is 2. The number of fused-ring (bicyclic) bond motifs is 8. The van der Waals surface area contributed by atoms with Crippen LogP contribution in [0.4, 0.5) is 17.1 Å². The van der Waals surface area contributed by atoms with Crippen LogP contribution in [0.15, 0.2) is 182 Å². The van der Waals surface area contributed by atoms with Crippen molar-refractivity contribution in [3.05, 3.63) is 182 Å². The van der Waals surface area contributed by atoms with Gasteiger partial charge >= 0.3 is 0 Å². The zero-order chi connectivity index (χ0) is 32.3. The van der Waals surface area contributed by atoms with Gasteiger partial charge in [-0.1, -0.05) is 127 Å². The van der Waals surface area contributed by atoms with Crippen LogP contribution in [-0.4, -0.2) is 4.57 Å². The van der Waals surface area contributed by atoms with Gasteiger partial charge in [0.05, 0.1) is 15.7 Å². The van der Waals surface area contributed by atoms with Gasteiger partial charge in [-0.05, 0) is 87.3 Å². The molecule has 230 valence electrons. The van der Waals surface area contributed by atoms with Crippen LogP contribution in [0, 0.1) is 0 Å². The second-order valence-electron chi connectivity index (χ2n) is 12.6. The average Bonchev–Trinajstić information content (AvgIpc) is 3.71. The Labute approximate surface area is 288 Å². The first-order chi connectivity index (χ1) is 24.3. The lowest BCUT2D eigenvalue weighted by Gasteiger charge is -2.26. The number of rotatable bonds is 5. The summed E-state index contributed by atoms with van der Waals surface area (Å²) in [5.41, 5.74) is 9.55. The van der Waals surface area contributed by atoms with Gasteiger partial charge in [-0.2, -0.15) is 0 Å². The minimum atomic E-state index is 1.13. The molecule has 49 heavy (non-hydrogen) atoms. The van der Waals surface area contributed by atoms with Gasteiger partial charge < -0.3 is 9.47 Å². The highest BCUT2D eigenvalue weighted by molar-refractivity contribution is 7.27. The number of para-hydroxylation sites is 3. The van der Waals surface area contributed by atoms with E-state index in [-0.39, 0.29) is 0 Å². The van der Waals surface area contributed by atoms with E-state index in [2.05, 4.69) is 191 Å². The Morgan fingerprint density at radius 2 is 1.06 bits per heavy atom. The average molecular weight is 643 g/mol. The molecule has 0 atom stereocenters. The molecule has 0 spiro atoms. The van der Waals surface area contributed by atoms with Crippen LogP contribution < -0.4 is 4.90 Å². The Hall–Kier alpha value is -6.16. The van der Waals surface area contributed by atoms with Crippen LogP contribution in [0.25, 0.3) is 69.6 Å². The number of thiophene rings is 1. The Balaban J connectivity index is 1.16. The minimum absolute atomic E-state index is 1.13. The van der Waals surface area contributed by atoms with Crippen molar-refractivity contribution in [1.29, 1.82) is 0 Å². The predicted octanol–water partition coefficient (Wildman–Crippen LogP) is 13.4. The van der Waals surface area contributed by atoms with Gasteiger partial charge in [-0.3, -0.25) is 0 Å². The summed E-state index contributed by atoms with van der Waals surface area (Å²) in [6.45, 7) is 0. The summed E-state index contributed by atoms with van der Waals surface area (Å²) in [6.07, 6.45) is 0. The smallest absolute Gasteiger partial charge is 0.0727 e. The van der Waals surface area contributed by atoms with E-state index in [1.807, 2.05) is 11.3 Å². The molecule has 0 amide bonds. The number of hydrogen-bond acceptors (Lipinski definition) is 2. The quantitative estimate of drug-likeness (QED) is 0.170. The van der Waals surface area contributed by atoms with E-state index in [0.29, 0.717) is 0 Å². The normalized spacial score (nSPS) is 11.7. The Morgan fingerprint density at radius 1 is 0.408 bits per heavy atom. The first kappa shape index (κ1) is 27.9. The molecule has 0 aliphatic carbocycles. The van der Waals surface area contributed by atoms with Crippen LogP contribution in [-0.2, 0) is 0 Å². The van der Waals surface area contributed by atoms with Crippen molar-refractivity contribution in [1.82, 2.24) is 4.57 Å². The van der Waals surface area contributed by atoms with Crippen molar-refractivity contribution in [3.63, 3.8) is 0 Å². The second-order valence-corrected chi connectivity index (χ2v) is 13.6. The van der Waals surface area contributed by atoms with E-state index in [1.54, 1.807) is 0 Å². The fraction of sp³-hybridized carbons (Fsp3) is 0. The molecule has 0 bridgehead atoms. The molecular weight excluding hydrogens is 613 g/mol. The summed E-state index contributed by atoms with van der Waals surface area (Å²) >= 11 is 1.90. The van der Waals surface area contributed by atoms with Crippen molar-refractivity contribution in [2.75, 3.05) is 4.90 Å². The first-order valence-corrected chi connectivity index (χ1v) is 17.5. The molecule has 0 unspecified atom stereocenters. The molecule has 0 saturated heterocycles. The van der Waals surface area contributed by atoms with Crippen molar-refractivity contribution in [2.45, 2.75) is 0 Å². The molecule has 8 aromatic carbocycles. The molecule has 0 N–H and O–H groups in total. The highest BCUT2D eigenvalue weighted by atomic mass is 32.1. The topological polar surface area (TPSA) is 8.17 Å². The van der Waals surface area contributed by atoms with Gasteiger partial charge in [0.1, 0.15) is 0 Å². The highest BCUT2D eigenvalue weighted by Gasteiger charge is 2.20. The molecule has 2 nitrogen and oxygen atoms in total. The Morgan fingerprint density at radius 3 is 1.94 bits per heavy atom. The maximum absolute atomic E-state index is 2.43. The Kier molecular flexibility index (Phi) is 6.39. The highest BCUT2D eigenvalue weighted by Crippen LogP contribution is 2.46. The number of anilines is 3. The summed E-state index contributed by atoms with van der Waals surface area (Å²) < 4.78 is 5.07. The van der Waals surface area contributed by atoms with Gasteiger partial charge in [-0.25, -0.2) is 0 Å². The summed E-state index contributed by atoms with van der Waals surface area (Å²) in [4.78, 5) is 2.38. The van der Waals surface area contributed by atoms with Crippen molar-refractivity contribution < 1.29 is 0 Å².